The highest BCUT2D eigenvalue weighted by atomic mass is 32.1. The third-order valence-corrected chi connectivity index (χ3v) is 3.51. The van der Waals surface area contributed by atoms with E-state index in [0.717, 1.165) is 10.4 Å². The number of hydrogen-bond donors (Lipinski definition) is 2. The molecule has 2 aromatic rings. The number of thiophene rings is 1. The van der Waals surface area contributed by atoms with Gasteiger partial charge in [-0.25, -0.2) is 0 Å². The topological polar surface area (TPSA) is 61.7 Å². The zero-order chi connectivity index (χ0) is 13.7. The van der Waals surface area contributed by atoms with Crippen LogP contribution in [-0.4, -0.2) is 16.8 Å². The Hall–Kier alpha value is -2.14. The van der Waals surface area contributed by atoms with Gasteiger partial charge in [-0.3, -0.25) is 4.79 Å². The smallest absolute Gasteiger partial charge is 0.229 e. The molecule has 98 valence electrons. The lowest BCUT2D eigenvalue weighted by atomic mass is 10.1. The maximum Gasteiger partial charge on any atom is 0.229 e. The molecule has 0 spiro atoms. The van der Waals surface area contributed by atoms with Crippen molar-refractivity contribution in [3.63, 3.8) is 0 Å². The van der Waals surface area contributed by atoms with E-state index in [4.69, 9.17) is 5.21 Å². The van der Waals surface area contributed by atoms with Gasteiger partial charge >= 0.3 is 0 Å². The van der Waals surface area contributed by atoms with Crippen LogP contribution in [0.15, 0.2) is 46.9 Å². The Kier molecular flexibility index (Phi) is 4.30. The predicted molar refractivity (Wildman–Crippen MR) is 77.1 cm³/mol. The minimum atomic E-state index is -0.0572. The number of nitrogens with one attached hydrogen (secondary N) is 1. The summed E-state index contributed by atoms with van der Waals surface area (Å²) in [5.74, 6) is -0.0572. The van der Waals surface area contributed by atoms with Gasteiger partial charge in [0.15, 0.2) is 0 Å². The summed E-state index contributed by atoms with van der Waals surface area (Å²) in [7, 11) is 0. The van der Waals surface area contributed by atoms with Crippen LogP contribution in [0.4, 0.5) is 5.69 Å². The second kappa shape index (κ2) is 6.15. The van der Waals surface area contributed by atoms with Crippen LogP contribution < -0.4 is 5.32 Å². The largest absolute Gasteiger partial charge is 0.411 e. The first kappa shape index (κ1) is 13.3. The minimum Gasteiger partial charge on any atom is -0.411 e. The fourth-order valence-corrected chi connectivity index (χ4v) is 2.36. The minimum absolute atomic E-state index is 0.0572. The second-order valence-corrected chi connectivity index (χ2v) is 5.10. The van der Waals surface area contributed by atoms with Gasteiger partial charge in [-0.05, 0) is 30.5 Å². The van der Waals surface area contributed by atoms with Crippen molar-refractivity contribution < 1.29 is 10.0 Å². The summed E-state index contributed by atoms with van der Waals surface area (Å²) in [6.45, 7) is 1.70. The average molecular weight is 274 g/mol. The molecule has 1 amide bonds. The van der Waals surface area contributed by atoms with Gasteiger partial charge in [-0.1, -0.05) is 23.4 Å². The molecule has 0 atom stereocenters. The molecule has 0 saturated heterocycles. The Labute approximate surface area is 115 Å². The maximum absolute atomic E-state index is 11.8. The molecule has 2 rings (SSSR count). The Bertz CT molecular complexity index is 591. The zero-order valence-electron chi connectivity index (χ0n) is 10.5. The summed E-state index contributed by atoms with van der Waals surface area (Å²) < 4.78 is 0. The predicted octanol–water partition coefficient (Wildman–Crippen LogP) is 3.13. The van der Waals surface area contributed by atoms with Crippen LogP contribution in [0.5, 0.6) is 0 Å². The van der Waals surface area contributed by atoms with Gasteiger partial charge in [-0.15, -0.1) is 11.3 Å². The van der Waals surface area contributed by atoms with Crippen molar-refractivity contribution >= 4 is 28.6 Å². The van der Waals surface area contributed by atoms with E-state index >= 15 is 0 Å². The summed E-state index contributed by atoms with van der Waals surface area (Å²) in [6, 6.07) is 11.1. The molecule has 0 aliphatic carbocycles. The van der Waals surface area contributed by atoms with Gasteiger partial charge in [-0.2, -0.15) is 0 Å². The van der Waals surface area contributed by atoms with E-state index < -0.39 is 0 Å². The van der Waals surface area contributed by atoms with Crippen LogP contribution in [0.3, 0.4) is 0 Å². The highest BCUT2D eigenvalue weighted by molar-refractivity contribution is 7.10. The molecule has 1 aromatic heterocycles. The standard InChI is InChI=1S/C14H14N2O2S/c1-10(16-18)11-4-2-5-12(8-11)15-14(17)9-13-6-3-7-19-13/h2-8,18H,9H2,1H3,(H,15,17)/b16-10+. The van der Waals surface area contributed by atoms with E-state index in [9.17, 15) is 4.79 Å². The van der Waals surface area contributed by atoms with Crippen LogP contribution in [0, 0.1) is 0 Å². The molecule has 0 radical (unpaired) electrons. The number of oxime groups is 1. The summed E-state index contributed by atoms with van der Waals surface area (Å²) >= 11 is 1.56. The molecule has 1 aromatic carbocycles. The number of nitrogens with zero attached hydrogens (tertiary/aromatic N) is 1. The highest BCUT2D eigenvalue weighted by Crippen LogP contribution is 2.14. The van der Waals surface area contributed by atoms with Crippen LogP contribution in [0.1, 0.15) is 17.4 Å². The number of benzene rings is 1. The molecule has 2 N–H and O–H groups in total. The lowest BCUT2D eigenvalue weighted by Crippen LogP contribution is -2.14. The van der Waals surface area contributed by atoms with Crippen molar-refractivity contribution in [2.75, 3.05) is 5.32 Å². The lowest BCUT2D eigenvalue weighted by molar-refractivity contribution is -0.115. The lowest BCUT2D eigenvalue weighted by Gasteiger charge is -2.06. The van der Waals surface area contributed by atoms with E-state index in [-0.39, 0.29) is 5.91 Å². The number of anilines is 1. The van der Waals surface area contributed by atoms with Gasteiger partial charge in [0.05, 0.1) is 12.1 Å². The van der Waals surface area contributed by atoms with E-state index in [2.05, 4.69) is 10.5 Å². The van der Waals surface area contributed by atoms with Crippen molar-refractivity contribution in [3.05, 3.63) is 52.2 Å². The number of carbonyl (C=O) groups is 1. The SMILES string of the molecule is C/C(=N\O)c1cccc(NC(=O)Cc2cccs2)c1. The van der Waals surface area contributed by atoms with E-state index in [0.29, 0.717) is 17.8 Å². The summed E-state index contributed by atoms with van der Waals surface area (Å²) in [5, 5.41) is 16.7. The van der Waals surface area contributed by atoms with Crippen LogP contribution >= 0.6 is 11.3 Å². The number of amides is 1. The molecule has 1 heterocycles. The fourth-order valence-electron chi connectivity index (χ4n) is 1.66. The first-order valence-electron chi connectivity index (χ1n) is 5.80. The van der Waals surface area contributed by atoms with Crippen molar-refractivity contribution in [2.45, 2.75) is 13.3 Å². The molecule has 0 fully saturated rings. The van der Waals surface area contributed by atoms with Crippen molar-refractivity contribution in [3.8, 4) is 0 Å². The van der Waals surface area contributed by atoms with Gasteiger partial charge in [0.1, 0.15) is 0 Å². The maximum atomic E-state index is 11.8. The first-order chi connectivity index (χ1) is 9.19. The summed E-state index contributed by atoms with van der Waals surface area (Å²) in [5.41, 5.74) is 1.98. The Balaban J connectivity index is 2.05. The zero-order valence-corrected chi connectivity index (χ0v) is 11.3. The molecule has 0 aliphatic heterocycles. The van der Waals surface area contributed by atoms with Gasteiger partial charge < -0.3 is 10.5 Å². The molecule has 4 nitrogen and oxygen atoms in total. The molecular formula is C14H14N2O2S. The second-order valence-electron chi connectivity index (χ2n) is 4.07. The molecule has 0 unspecified atom stereocenters. The third kappa shape index (κ3) is 3.66. The summed E-state index contributed by atoms with van der Waals surface area (Å²) in [4.78, 5) is 12.9. The monoisotopic (exact) mass is 274 g/mol. The molecular weight excluding hydrogens is 260 g/mol. The molecule has 5 heteroatoms. The van der Waals surface area contributed by atoms with Crippen molar-refractivity contribution in [2.24, 2.45) is 5.16 Å². The van der Waals surface area contributed by atoms with Crippen LogP contribution in [-0.2, 0) is 11.2 Å². The first-order valence-corrected chi connectivity index (χ1v) is 6.68. The summed E-state index contributed by atoms with van der Waals surface area (Å²) in [6.07, 6.45) is 0.370. The molecule has 19 heavy (non-hydrogen) atoms. The normalized spacial score (nSPS) is 11.3. The molecule has 0 saturated carbocycles. The van der Waals surface area contributed by atoms with Crippen molar-refractivity contribution in [1.82, 2.24) is 0 Å². The Morgan fingerprint density at radius 1 is 1.37 bits per heavy atom. The Morgan fingerprint density at radius 3 is 2.89 bits per heavy atom. The average Bonchev–Trinajstić information content (AvgIpc) is 2.90. The number of hydrogen-bond acceptors (Lipinski definition) is 4. The van der Waals surface area contributed by atoms with E-state index in [1.54, 1.807) is 30.4 Å². The van der Waals surface area contributed by atoms with E-state index in [1.807, 2.05) is 29.6 Å². The number of rotatable bonds is 4. The van der Waals surface area contributed by atoms with Crippen molar-refractivity contribution in [1.29, 1.82) is 0 Å². The molecule has 0 bridgehead atoms. The van der Waals surface area contributed by atoms with Gasteiger partial charge in [0.2, 0.25) is 5.91 Å². The quantitative estimate of drug-likeness (QED) is 0.511. The van der Waals surface area contributed by atoms with Gasteiger partial charge in [0.25, 0.3) is 0 Å². The Morgan fingerprint density at radius 2 is 2.21 bits per heavy atom. The van der Waals surface area contributed by atoms with Crippen LogP contribution in [0.25, 0.3) is 0 Å². The highest BCUT2D eigenvalue weighted by Gasteiger charge is 2.06. The van der Waals surface area contributed by atoms with E-state index in [1.165, 1.54) is 0 Å². The van der Waals surface area contributed by atoms with Crippen LogP contribution in [0.2, 0.25) is 0 Å². The van der Waals surface area contributed by atoms with Gasteiger partial charge in [0, 0.05) is 16.1 Å². The molecule has 0 aliphatic rings. The fraction of sp³-hybridized carbons (Fsp3) is 0.143. The number of carbonyl (C=O) groups excluding carboxylic acids is 1. The third-order valence-electron chi connectivity index (χ3n) is 2.63.